The minimum atomic E-state index is -1.48. The lowest BCUT2D eigenvalue weighted by atomic mass is 9.79. The zero-order chi connectivity index (χ0) is 29.1. The Kier molecular flexibility index (Phi) is 9.39. The molecule has 0 spiro atoms. The Balaban J connectivity index is 1.71. The van der Waals surface area contributed by atoms with E-state index in [0.29, 0.717) is 24.5 Å². The molecule has 2 heterocycles. The van der Waals surface area contributed by atoms with Crippen LogP contribution in [-0.2, 0) is 26.4 Å². The van der Waals surface area contributed by atoms with Crippen molar-refractivity contribution >= 4 is 29.0 Å². The number of hydrogen-bond donors (Lipinski definition) is 3. The normalized spacial score (nSPS) is 21.6. The predicted octanol–water partition coefficient (Wildman–Crippen LogP) is 4.80. The second-order valence-electron chi connectivity index (χ2n) is 11.6. The van der Waals surface area contributed by atoms with Crippen molar-refractivity contribution in [2.45, 2.75) is 82.2 Å². The van der Waals surface area contributed by atoms with E-state index in [1.54, 1.807) is 31.5 Å². The Bertz CT molecular complexity index is 1190. The summed E-state index contributed by atoms with van der Waals surface area (Å²) in [6.07, 6.45) is 5.65. The summed E-state index contributed by atoms with van der Waals surface area (Å²) in [7, 11) is 0. The molecule has 2 amide bonds. The first-order valence-corrected chi connectivity index (χ1v) is 14.9. The first-order valence-electron chi connectivity index (χ1n) is 13.8. The van der Waals surface area contributed by atoms with Gasteiger partial charge in [-0.1, -0.05) is 18.9 Å². The predicted molar refractivity (Wildman–Crippen MR) is 152 cm³/mol. The Hall–Kier alpha value is -2.73. The van der Waals surface area contributed by atoms with E-state index < -0.39 is 51.6 Å². The summed E-state index contributed by atoms with van der Waals surface area (Å²) < 4.78 is 37.1. The average molecular weight is 575 g/mol. The first kappa shape index (κ1) is 30.2. The number of rotatable bonds is 11. The van der Waals surface area contributed by atoms with Crippen molar-refractivity contribution in [3.05, 3.63) is 59.7 Å². The highest BCUT2D eigenvalue weighted by Gasteiger charge is 2.44. The summed E-state index contributed by atoms with van der Waals surface area (Å²) in [5.41, 5.74) is 0.456. The summed E-state index contributed by atoms with van der Waals surface area (Å²) in [4.78, 5) is 30.3. The van der Waals surface area contributed by atoms with Gasteiger partial charge in [0, 0.05) is 36.8 Å². The van der Waals surface area contributed by atoms with E-state index in [-0.39, 0.29) is 18.7 Å². The fourth-order valence-electron chi connectivity index (χ4n) is 5.12. The molecular weight excluding hydrogens is 535 g/mol. The molecular formula is C29H39FN4O5S. The minimum absolute atomic E-state index is 0.0681. The first-order chi connectivity index (χ1) is 18.9. The molecule has 4 rings (SSSR count). The lowest BCUT2D eigenvalue weighted by Crippen LogP contribution is -2.52. The van der Waals surface area contributed by atoms with Gasteiger partial charge in [-0.15, -0.1) is 4.72 Å². The third-order valence-electron chi connectivity index (χ3n) is 7.55. The van der Waals surface area contributed by atoms with Gasteiger partial charge in [-0.05, 0) is 81.8 Å². The van der Waals surface area contributed by atoms with Crippen molar-refractivity contribution in [1.82, 2.24) is 14.6 Å². The molecule has 2 fully saturated rings. The van der Waals surface area contributed by atoms with Crippen LogP contribution < -0.4 is 10.0 Å². The third-order valence-corrected chi connectivity index (χ3v) is 9.20. The monoisotopic (exact) mass is 574 g/mol. The lowest BCUT2D eigenvalue weighted by molar-refractivity contribution is -0.120. The van der Waals surface area contributed by atoms with Crippen LogP contribution in [0.5, 0.6) is 0 Å². The Morgan fingerprint density at radius 2 is 1.90 bits per heavy atom. The number of hydrogen-bond acceptors (Lipinski definition) is 6. The third kappa shape index (κ3) is 6.94. The highest BCUT2D eigenvalue weighted by molar-refractivity contribution is 7.90. The van der Waals surface area contributed by atoms with E-state index in [2.05, 4.69) is 15.0 Å². The number of aromatic nitrogens is 1. The molecule has 4 atom stereocenters. The van der Waals surface area contributed by atoms with Crippen LogP contribution in [0.4, 0.5) is 14.9 Å². The molecule has 1 aliphatic heterocycles. The van der Waals surface area contributed by atoms with Crippen LogP contribution in [-0.4, -0.2) is 61.6 Å². The topological polar surface area (TPSA) is 127 Å². The lowest BCUT2D eigenvalue weighted by Gasteiger charge is -2.39. The molecule has 3 unspecified atom stereocenters. The Labute approximate surface area is 238 Å². The zero-order valence-corrected chi connectivity index (χ0v) is 24.3. The molecule has 40 heavy (non-hydrogen) atoms. The second-order valence-corrected chi connectivity index (χ2v) is 13.5. The summed E-state index contributed by atoms with van der Waals surface area (Å²) in [6, 6.07) is 7.20. The van der Waals surface area contributed by atoms with Crippen molar-refractivity contribution in [3.8, 4) is 0 Å². The van der Waals surface area contributed by atoms with Gasteiger partial charge in [0.05, 0.1) is 18.3 Å². The highest BCUT2D eigenvalue weighted by Crippen LogP contribution is 2.43. The van der Waals surface area contributed by atoms with Crippen LogP contribution in [0.25, 0.3) is 0 Å². The average Bonchev–Trinajstić information content (AvgIpc) is 3.64. The Morgan fingerprint density at radius 3 is 2.50 bits per heavy atom. The number of benzene rings is 1. The van der Waals surface area contributed by atoms with Crippen molar-refractivity contribution < 1.29 is 28.4 Å². The fraction of sp³-hybridized carbons (Fsp3) is 0.552. The van der Waals surface area contributed by atoms with Crippen LogP contribution in [0.15, 0.2) is 42.7 Å². The number of nitrogens with zero attached hydrogens (tertiary/aromatic N) is 2. The van der Waals surface area contributed by atoms with Crippen LogP contribution in [0, 0.1) is 11.7 Å². The maximum Gasteiger partial charge on any atom is 0.408 e. The van der Waals surface area contributed by atoms with Crippen LogP contribution >= 0.6 is 0 Å². The molecule has 0 bridgehead atoms. The second kappa shape index (κ2) is 12.4. The number of ether oxygens (including phenoxy) is 1. The van der Waals surface area contributed by atoms with E-state index in [0.717, 1.165) is 29.7 Å². The molecule has 0 radical (unpaired) electrons. The number of halogens is 1. The smallest absolute Gasteiger partial charge is 0.408 e. The summed E-state index contributed by atoms with van der Waals surface area (Å²) in [6.45, 7) is 7.92. The largest absolute Gasteiger partial charge is 0.598 e. The Morgan fingerprint density at radius 1 is 1.20 bits per heavy atom. The fourth-order valence-corrected chi connectivity index (χ4v) is 6.08. The van der Waals surface area contributed by atoms with Crippen molar-refractivity contribution in [2.75, 3.05) is 18.5 Å². The number of carbonyl (C=O) groups excluding carboxylic acids is 1. The van der Waals surface area contributed by atoms with Crippen molar-refractivity contribution in [1.29, 1.82) is 0 Å². The number of amides is 2. The minimum Gasteiger partial charge on any atom is -0.598 e. The van der Waals surface area contributed by atoms with E-state index in [9.17, 15) is 19.2 Å². The number of carboxylic acid groups (broad SMARTS) is 1. The SMILES string of the molecule is CCOC1CC(C(=O)Nc2cc(C(CCC3CC3)(N[S@+]([O-])C(C)(C)C)c3ccncc3)ccc2F)N(C(=O)O)C1. The molecule has 1 aromatic heterocycles. The molecule has 2 aromatic rings. The van der Waals surface area contributed by atoms with Gasteiger partial charge in [-0.2, -0.15) is 0 Å². The summed E-state index contributed by atoms with van der Waals surface area (Å²) in [5, 5.41) is 12.3. The van der Waals surface area contributed by atoms with Gasteiger partial charge in [0.1, 0.15) is 22.1 Å². The molecule has 3 N–H and O–H groups in total. The van der Waals surface area contributed by atoms with Gasteiger partial charge in [-0.3, -0.25) is 14.7 Å². The van der Waals surface area contributed by atoms with Gasteiger partial charge in [-0.25, -0.2) is 9.18 Å². The quantitative estimate of drug-likeness (QED) is 0.329. The molecule has 11 heteroatoms. The number of pyridine rings is 1. The zero-order valence-electron chi connectivity index (χ0n) is 23.5. The molecule has 1 aromatic carbocycles. The van der Waals surface area contributed by atoms with Gasteiger partial charge < -0.3 is 19.7 Å². The number of anilines is 1. The molecule has 1 saturated carbocycles. The molecule has 9 nitrogen and oxygen atoms in total. The molecule has 218 valence electrons. The summed E-state index contributed by atoms with van der Waals surface area (Å²) >= 11 is -1.48. The van der Waals surface area contributed by atoms with Crippen LogP contribution in [0.3, 0.4) is 0 Å². The summed E-state index contributed by atoms with van der Waals surface area (Å²) in [5.74, 6) is -0.700. The van der Waals surface area contributed by atoms with E-state index in [4.69, 9.17) is 4.74 Å². The number of nitrogens with one attached hydrogen (secondary N) is 2. The van der Waals surface area contributed by atoms with Gasteiger partial charge >= 0.3 is 6.09 Å². The van der Waals surface area contributed by atoms with Crippen LogP contribution in [0.1, 0.15) is 70.9 Å². The maximum atomic E-state index is 15.2. The van der Waals surface area contributed by atoms with Crippen molar-refractivity contribution in [2.24, 2.45) is 5.92 Å². The highest BCUT2D eigenvalue weighted by atomic mass is 32.2. The standard InChI is InChI=1S/C29H39FN4O5S/c1-5-39-22-17-25(34(18-22)27(36)37)26(35)32-24-16-21(8-9-23(24)30)29(13-10-19-6-7-19,20-11-14-31-15-12-20)33-40(38)28(2,3)4/h8-9,11-12,14-16,19,22,25,33H,5-7,10,13,17-18H2,1-4H3,(H,32,35)(H,36,37)/t22?,25?,29?,40-/m1/s1. The van der Waals surface area contributed by atoms with Crippen molar-refractivity contribution in [3.63, 3.8) is 0 Å². The number of likely N-dealkylation sites (tertiary alicyclic amines) is 1. The van der Waals surface area contributed by atoms with E-state index >= 15 is 4.39 Å². The number of carbonyl (C=O) groups is 2. The van der Waals surface area contributed by atoms with Gasteiger partial charge in [0.25, 0.3) is 0 Å². The van der Waals surface area contributed by atoms with Gasteiger partial charge in [0.2, 0.25) is 5.91 Å². The molecule has 2 aliphatic rings. The molecule has 1 saturated heterocycles. The maximum absolute atomic E-state index is 15.2. The van der Waals surface area contributed by atoms with Crippen LogP contribution in [0.2, 0.25) is 0 Å². The van der Waals surface area contributed by atoms with E-state index in [1.807, 2.05) is 32.9 Å². The van der Waals surface area contributed by atoms with E-state index in [1.165, 1.54) is 6.07 Å². The molecule has 1 aliphatic carbocycles. The van der Waals surface area contributed by atoms with Gasteiger partial charge in [0.15, 0.2) is 0 Å².